The Morgan fingerprint density at radius 3 is 2.64 bits per heavy atom. The van der Waals surface area contributed by atoms with Gasteiger partial charge in [-0.2, -0.15) is 0 Å². The van der Waals surface area contributed by atoms with Crippen LogP contribution in [0.4, 0.5) is 14.5 Å². The average Bonchev–Trinajstić information content (AvgIpc) is 3.16. The first kappa shape index (κ1) is 19.5. The molecule has 146 valence electrons. The Bertz CT molecular complexity index is 946. The number of nitrogens with zero attached hydrogens (tertiary/aromatic N) is 4. The first-order valence-electron chi connectivity index (χ1n) is 7.93. The van der Waals surface area contributed by atoms with Crippen molar-refractivity contribution < 1.29 is 23.0 Å². The molecule has 0 aliphatic carbocycles. The molecule has 1 amide bonds. The summed E-state index contributed by atoms with van der Waals surface area (Å²) >= 11 is 4.69. The highest BCUT2D eigenvalue weighted by Gasteiger charge is 2.27. The van der Waals surface area contributed by atoms with Crippen LogP contribution in [-0.4, -0.2) is 38.3 Å². The van der Waals surface area contributed by atoms with Crippen molar-refractivity contribution in [2.24, 2.45) is 0 Å². The number of nitrogens with one attached hydrogen (secondary N) is 1. The van der Waals surface area contributed by atoms with E-state index in [1.165, 1.54) is 35.3 Å². The number of anilines is 1. The molecule has 0 aliphatic heterocycles. The van der Waals surface area contributed by atoms with Gasteiger partial charge in [0.25, 0.3) is 5.91 Å². The average molecular weight is 410 g/mol. The molecule has 0 aliphatic rings. The maximum absolute atomic E-state index is 12.6. The summed E-state index contributed by atoms with van der Waals surface area (Å²) < 4.78 is 36.4. The van der Waals surface area contributed by atoms with Gasteiger partial charge in [0, 0.05) is 23.4 Å². The third-order valence-electron chi connectivity index (χ3n) is 3.52. The quantitative estimate of drug-likeness (QED) is 0.603. The van der Waals surface area contributed by atoms with Crippen molar-refractivity contribution >= 4 is 23.2 Å². The molecule has 0 radical (unpaired) electrons. The number of hydrogen-bond donors (Lipinski definition) is 1. The fourth-order valence-corrected chi connectivity index (χ4v) is 2.34. The van der Waals surface area contributed by atoms with E-state index in [-0.39, 0.29) is 12.4 Å². The van der Waals surface area contributed by atoms with E-state index in [0.717, 1.165) is 5.56 Å². The molecule has 0 saturated heterocycles. The Kier molecular flexibility index (Phi) is 5.69. The number of aromatic nitrogens is 4. The molecule has 0 atom stereocenters. The van der Waals surface area contributed by atoms with Crippen LogP contribution >= 0.6 is 11.6 Å². The van der Waals surface area contributed by atoms with E-state index in [1.54, 1.807) is 6.07 Å². The Labute approximate surface area is 163 Å². The minimum absolute atomic E-state index is 0.135. The molecule has 0 bridgehead atoms. The normalized spacial score (nSPS) is 11.1. The standard InChI is InChI=1S/C17H14ClF2N5O3/c1-11-2-5-13(25-10-21-23-24-25)8-15(11)27-9-16(26)22-12-3-6-14(7-4-12)28-17(18,19)20/h2-8,10H,9H2,1H3,(H,22,26). The van der Waals surface area contributed by atoms with Crippen molar-refractivity contribution in [1.29, 1.82) is 0 Å². The number of alkyl halides is 3. The van der Waals surface area contributed by atoms with Crippen molar-refractivity contribution in [3.8, 4) is 17.2 Å². The molecule has 3 rings (SSSR count). The zero-order valence-corrected chi connectivity index (χ0v) is 15.2. The van der Waals surface area contributed by atoms with E-state index < -0.39 is 11.5 Å². The van der Waals surface area contributed by atoms with E-state index in [4.69, 9.17) is 16.3 Å². The van der Waals surface area contributed by atoms with Crippen molar-refractivity contribution in [3.05, 3.63) is 54.4 Å². The largest absolute Gasteiger partial charge is 0.487 e. The molecule has 3 aromatic rings. The lowest BCUT2D eigenvalue weighted by molar-refractivity contribution is -0.118. The summed E-state index contributed by atoms with van der Waals surface area (Å²) in [6, 6.07) is 10.7. The second-order valence-corrected chi connectivity index (χ2v) is 6.05. The summed E-state index contributed by atoms with van der Waals surface area (Å²) in [6.45, 7) is 1.58. The van der Waals surface area contributed by atoms with Crippen molar-refractivity contribution in [2.75, 3.05) is 11.9 Å². The lowest BCUT2D eigenvalue weighted by atomic mass is 10.2. The molecule has 0 fully saturated rings. The zero-order chi connectivity index (χ0) is 20.1. The monoisotopic (exact) mass is 409 g/mol. The fourth-order valence-electron chi connectivity index (χ4n) is 2.25. The number of rotatable bonds is 7. The van der Waals surface area contributed by atoms with Crippen LogP contribution in [0.5, 0.6) is 11.5 Å². The first-order valence-corrected chi connectivity index (χ1v) is 8.30. The number of tetrazole rings is 1. The number of halogens is 3. The zero-order valence-electron chi connectivity index (χ0n) is 14.5. The van der Waals surface area contributed by atoms with Crippen LogP contribution in [0.25, 0.3) is 5.69 Å². The molecule has 2 aromatic carbocycles. The van der Waals surface area contributed by atoms with Gasteiger partial charge < -0.3 is 14.8 Å². The van der Waals surface area contributed by atoms with Gasteiger partial charge in [-0.05, 0) is 53.2 Å². The van der Waals surface area contributed by atoms with E-state index in [0.29, 0.717) is 17.1 Å². The summed E-state index contributed by atoms with van der Waals surface area (Å²) in [6.07, 6.45) is 1.44. The highest BCUT2D eigenvalue weighted by molar-refractivity contribution is 6.20. The second-order valence-electron chi connectivity index (χ2n) is 5.61. The summed E-state index contributed by atoms with van der Waals surface area (Å²) in [5, 5.41) is 13.5. The number of hydrogen-bond acceptors (Lipinski definition) is 6. The van der Waals surface area contributed by atoms with Crippen molar-refractivity contribution in [2.45, 2.75) is 12.5 Å². The molecule has 0 unspecified atom stereocenters. The van der Waals surface area contributed by atoms with Gasteiger partial charge in [0.2, 0.25) is 0 Å². The number of carbonyl (C=O) groups is 1. The van der Waals surface area contributed by atoms with E-state index in [1.807, 2.05) is 19.1 Å². The molecule has 1 N–H and O–H groups in total. The van der Waals surface area contributed by atoms with Gasteiger partial charge in [0.1, 0.15) is 17.8 Å². The fraction of sp³-hybridized carbons (Fsp3) is 0.176. The molecule has 0 spiro atoms. The van der Waals surface area contributed by atoms with Crippen LogP contribution in [0.1, 0.15) is 5.56 Å². The van der Waals surface area contributed by atoms with Crippen LogP contribution in [0.3, 0.4) is 0 Å². The van der Waals surface area contributed by atoms with Crippen molar-refractivity contribution in [3.63, 3.8) is 0 Å². The summed E-state index contributed by atoms with van der Waals surface area (Å²) in [5.41, 5.74) is -1.91. The van der Waals surface area contributed by atoms with E-state index in [2.05, 4.69) is 25.6 Å². The van der Waals surface area contributed by atoms with Crippen LogP contribution in [0.15, 0.2) is 48.8 Å². The number of amides is 1. The Hall–Kier alpha value is -3.27. The van der Waals surface area contributed by atoms with Crippen LogP contribution in [0, 0.1) is 6.92 Å². The molecule has 28 heavy (non-hydrogen) atoms. The highest BCUT2D eigenvalue weighted by Crippen LogP contribution is 2.26. The van der Waals surface area contributed by atoms with Crippen LogP contribution in [0.2, 0.25) is 0 Å². The predicted octanol–water partition coefficient (Wildman–Crippen LogP) is 3.16. The lowest BCUT2D eigenvalue weighted by Gasteiger charge is -2.12. The Morgan fingerprint density at radius 1 is 1.25 bits per heavy atom. The molecule has 0 saturated carbocycles. The van der Waals surface area contributed by atoms with Crippen LogP contribution < -0.4 is 14.8 Å². The third kappa shape index (κ3) is 5.36. The summed E-state index contributed by atoms with van der Waals surface area (Å²) in [5.74, 6) is -0.0656. The SMILES string of the molecule is Cc1ccc(-n2cnnn2)cc1OCC(=O)Nc1ccc(OC(F)(F)Cl)cc1. The van der Waals surface area contributed by atoms with Gasteiger partial charge in [-0.25, -0.2) is 4.68 Å². The molecule has 1 aromatic heterocycles. The third-order valence-corrected chi connectivity index (χ3v) is 3.59. The van der Waals surface area contributed by atoms with Crippen molar-refractivity contribution in [1.82, 2.24) is 20.2 Å². The Balaban J connectivity index is 1.58. The van der Waals surface area contributed by atoms with Gasteiger partial charge >= 0.3 is 5.57 Å². The van der Waals surface area contributed by atoms with Crippen LogP contribution in [-0.2, 0) is 4.79 Å². The smallest absolute Gasteiger partial charge is 0.483 e. The maximum Gasteiger partial charge on any atom is 0.487 e. The first-order chi connectivity index (χ1) is 13.3. The molecule has 8 nitrogen and oxygen atoms in total. The summed E-state index contributed by atoms with van der Waals surface area (Å²) in [4.78, 5) is 12.1. The molecule has 1 heterocycles. The minimum atomic E-state index is -3.80. The molecule has 11 heteroatoms. The number of aryl methyl sites for hydroxylation is 1. The number of benzene rings is 2. The molecular formula is C17H14ClF2N5O3. The van der Waals surface area contributed by atoms with Gasteiger partial charge in [-0.15, -0.1) is 13.9 Å². The van der Waals surface area contributed by atoms with E-state index >= 15 is 0 Å². The predicted molar refractivity (Wildman–Crippen MR) is 95.9 cm³/mol. The molecular weight excluding hydrogens is 396 g/mol. The Morgan fingerprint density at radius 2 is 2.00 bits per heavy atom. The van der Waals surface area contributed by atoms with Gasteiger partial charge in [0.05, 0.1) is 5.69 Å². The minimum Gasteiger partial charge on any atom is -0.483 e. The van der Waals surface area contributed by atoms with Gasteiger partial charge in [-0.3, -0.25) is 4.79 Å². The summed E-state index contributed by atoms with van der Waals surface area (Å²) in [7, 11) is 0. The van der Waals surface area contributed by atoms with Gasteiger partial charge in [-0.1, -0.05) is 6.07 Å². The van der Waals surface area contributed by atoms with Gasteiger partial charge in [0.15, 0.2) is 6.61 Å². The maximum atomic E-state index is 12.6. The lowest BCUT2D eigenvalue weighted by Crippen LogP contribution is -2.20. The topological polar surface area (TPSA) is 91.2 Å². The number of ether oxygens (including phenoxy) is 2. The van der Waals surface area contributed by atoms with E-state index in [9.17, 15) is 13.6 Å². The number of carbonyl (C=O) groups excluding carboxylic acids is 1. The highest BCUT2D eigenvalue weighted by atomic mass is 35.5. The second kappa shape index (κ2) is 8.17.